The molecule has 2 saturated heterocycles. The van der Waals surface area contributed by atoms with Crippen molar-refractivity contribution in [1.29, 1.82) is 0 Å². The molecule has 14 heteroatoms. The van der Waals surface area contributed by atoms with Gasteiger partial charge in [-0.2, -0.15) is 0 Å². The van der Waals surface area contributed by atoms with Crippen LogP contribution in [0.1, 0.15) is 37.2 Å². The van der Waals surface area contributed by atoms with Crippen molar-refractivity contribution in [2.75, 3.05) is 65.8 Å². The Morgan fingerprint density at radius 3 is 2.22 bits per heavy atom. The molecule has 2 fully saturated rings. The van der Waals surface area contributed by atoms with E-state index in [0.717, 1.165) is 32.5 Å². The lowest BCUT2D eigenvalue weighted by atomic mass is 9.74. The molecular formula is C35H40Cl2N4O7S. The number of likely N-dealkylation sites (tertiary alicyclic amines) is 1. The van der Waals surface area contributed by atoms with Gasteiger partial charge in [0.05, 0.1) is 48.5 Å². The second kappa shape index (κ2) is 16.9. The third-order valence-corrected chi connectivity index (χ3v) is 11.2. The number of ether oxygens (including phenoxy) is 2. The van der Waals surface area contributed by atoms with Gasteiger partial charge in [-0.25, -0.2) is 4.79 Å². The molecule has 3 atom stereocenters. The van der Waals surface area contributed by atoms with Crippen molar-refractivity contribution >= 4 is 63.5 Å². The molecule has 2 amide bonds. The average molecular weight is 732 g/mol. The molecule has 3 heterocycles. The molecule has 2 unspecified atom stereocenters. The summed E-state index contributed by atoms with van der Waals surface area (Å²) in [5, 5.41) is 0.378. The quantitative estimate of drug-likeness (QED) is 0.299. The summed E-state index contributed by atoms with van der Waals surface area (Å²) in [7, 11) is 0.773. The van der Waals surface area contributed by atoms with Crippen LogP contribution in [-0.2, 0) is 39.5 Å². The molecule has 3 aliphatic heterocycles. The number of carbonyl (C=O) groups excluding carboxylic acids is 4. The van der Waals surface area contributed by atoms with Crippen molar-refractivity contribution in [1.82, 2.24) is 14.7 Å². The Balaban J connectivity index is 1.44. The molecule has 0 spiro atoms. The van der Waals surface area contributed by atoms with Crippen LogP contribution >= 0.6 is 23.2 Å². The molecule has 0 N–H and O–H groups in total. The molecule has 2 aromatic carbocycles. The Morgan fingerprint density at radius 1 is 0.918 bits per heavy atom. The lowest BCUT2D eigenvalue weighted by Crippen LogP contribution is -2.50. The largest absolute Gasteiger partial charge is 0.468 e. The minimum atomic E-state index is -1.65. The van der Waals surface area contributed by atoms with Crippen LogP contribution in [0.5, 0.6) is 0 Å². The van der Waals surface area contributed by atoms with E-state index in [2.05, 4.69) is 4.90 Å². The van der Waals surface area contributed by atoms with Gasteiger partial charge in [-0.3, -0.25) is 28.5 Å². The molecule has 49 heavy (non-hydrogen) atoms. The SMILES string of the molecule is COC(=O)C1=C(CS(=O)c2ccccc2)N=C(CC(=O)N2CCN(CCCN3CCCC3=O)CC2)C(C(=O)OC)[C@@H]1c1c(Cl)cccc1Cl. The van der Waals surface area contributed by atoms with Crippen molar-refractivity contribution in [3.05, 3.63) is 75.4 Å². The van der Waals surface area contributed by atoms with E-state index >= 15 is 0 Å². The van der Waals surface area contributed by atoms with Gasteiger partial charge in [-0.05, 0) is 49.2 Å². The van der Waals surface area contributed by atoms with Crippen molar-refractivity contribution in [3.63, 3.8) is 0 Å². The first-order chi connectivity index (χ1) is 23.6. The van der Waals surface area contributed by atoms with E-state index in [4.69, 9.17) is 37.7 Å². The fourth-order valence-electron chi connectivity index (χ4n) is 6.67. The zero-order valence-corrected chi connectivity index (χ0v) is 29.9. The summed E-state index contributed by atoms with van der Waals surface area (Å²) >= 11 is 13.4. The van der Waals surface area contributed by atoms with Crippen LogP contribution in [0, 0.1) is 5.92 Å². The highest BCUT2D eigenvalue weighted by Gasteiger charge is 2.46. The number of hydrogen-bond donors (Lipinski definition) is 0. The van der Waals surface area contributed by atoms with Gasteiger partial charge in [0.1, 0.15) is 5.92 Å². The van der Waals surface area contributed by atoms with Crippen LogP contribution in [0.2, 0.25) is 10.0 Å². The third-order valence-electron chi connectivity index (χ3n) is 9.17. The van der Waals surface area contributed by atoms with Crippen molar-refractivity contribution in [2.24, 2.45) is 10.9 Å². The van der Waals surface area contributed by atoms with Crippen LogP contribution < -0.4 is 0 Å². The van der Waals surface area contributed by atoms with Gasteiger partial charge in [0.2, 0.25) is 11.8 Å². The van der Waals surface area contributed by atoms with Crippen molar-refractivity contribution < 1.29 is 32.9 Å². The van der Waals surface area contributed by atoms with E-state index in [1.807, 2.05) is 4.90 Å². The number of carbonyl (C=O) groups is 4. The Kier molecular flexibility index (Phi) is 12.6. The maximum atomic E-state index is 13.9. The third kappa shape index (κ3) is 8.60. The fourth-order valence-corrected chi connectivity index (χ4v) is 8.40. The minimum absolute atomic E-state index is 0.0300. The fraction of sp³-hybridized carbons (Fsp3) is 0.457. The number of amides is 2. The molecule has 0 radical (unpaired) electrons. The van der Waals surface area contributed by atoms with E-state index in [9.17, 15) is 23.4 Å². The highest BCUT2D eigenvalue weighted by molar-refractivity contribution is 7.85. The molecule has 2 aromatic rings. The average Bonchev–Trinajstić information content (AvgIpc) is 3.52. The van der Waals surface area contributed by atoms with Crippen LogP contribution in [0.15, 0.2) is 69.7 Å². The summed E-state index contributed by atoms with van der Waals surface area (Å²) in [5.74, 6) is -4.14. The molecule has 3 aliphatic rings. The molecule has 11 nitrogen and oxygen atoms in total. The molecule has 0 bridgehead atoms. The Labute approximate surface area is 298 Å². The van der Waals surface area contributed by atoms with Gasteiger partial charge in [-0.15, -0.1) is 0 Å². The first-order valence-electron chi connectivity index (χ1n) is 16.2. The van der Waals surface area contributed by atoms with Gasteiger partial charge in [0, 0.05) is 72.3 Å². The van der Waals surface area contributed by atoms with E-state index in [1.165, 1.54) is 14.2 Å². The first kappa shape index (κ1) is 36.7. The number of hydrogen-bond acceptors (Lipinski definition) is 9. The molecule has 0 saturated carbocycles. The highest BCUT2D eigenvalue weighted by atomic mass is 35.5. The van der Waals surface area contributed by atoms with E-state index in [-0.39, 0.29) is 56.6 Å². The monoisotopic (exact) mass is 730 g/mol. The lowest BCUT2D eigenvalue weighted by Gasteiger charge is -2.37. The first-order valence-corrected chi connectivity index (χ1v) is 18.3. The van der Waals surface area contributed by atoms with Crippen molar-refractivity contribution in [3.8, 4) is 0 Å². The number of benzene rings is 2. The van der Waals surface area contributed by atoms with E-state index in [0.29, 0.717) is 37.5 Å². The van der Waals surface area contributed by atoms with Gasteiger partial charge in [0.25, 0.3) is 0 Å². The zero-order valence-electron chi connectivity index (χ0n) is 27.6. The van der Waals surface area contributed by atoms with Crippen LogP contribution in [-0.4, -0.2) is 114 Å². The second-order valence-corrected chi connectivity index (χ2v) is 14.4. The summed E-state index contributed by atoms with van der Waals surface area (Å²) < 4.78 is 24.0. The van der Waals surface area contributed by atoms with E-state index in [1.54, 1.807) is 53.4 Å². The highest BCUT2D eigenvalue weighted by Crippen LogP contribution is 2.46. The standard InChI is InChI=1S/C35H40Cl2N4O7S/c1-47-34(44)31-26(21-29(43)41-19-17-39(18-20-41)14-8-16-40-15-7-13-28(40)42)38-27(22-49(46)23-9-4-3-5-10-23)32(35(45)48-2)33(31)30-24(36)11-6-12-25(30)37/h3-6,9-12,31,33H,7-8,13-22H2,1-2H3/t31?,33-,49?/m0/s1. The molecule has 0 aliphatic carbocycles. The van der Waals surface area contributed by atoms with Gasteiger partial charge in [-0.1, -0.05) is 47.5 Å². The number of nitrogens with zero attached hydrogens (tertiary/aromatic N) is 4. The Bertz CT molecular complexity index is 1640. The number of aliphatic imine (C=N–C) groups is 1. The summed E-state index contributed by atoms with van der Waals surface area (Å²) in [4.78, 5) is 64.1. The van der Waals surface area contributed by atoms with Gasteiger partial charge >= 0.3 is 11.9 Å². The normalized spacial score (nSPS) is 20.7. The number of halogens is 2. The molecular weight excluding hydrogens is 691 g/mol. The number of piperazine rings is 1. The maximum Gasteiger partial charge on any atom is 0.336 e. The minimum Gasteiger partial charge on any atom is -0.468 e. The lowest BCUT2D eigenvalue weighted by molar-refractivity contribution is -0.143. The van der Waals surface area contributed by atoms with E-state index < -0.39 is 34.6 Å². The molecule has 262 valence electrons. The maximum absolute atomic E-state index is 13.9. The number of methoxy groups -OCH3 is 2. The topological polar surface area (TPSA) is 126 Å². The summed E-state index contributed by atoms with van der Waals surface area (Å²) in [6, 6.07) is 13.5. The van der Waals surface area contributed by atoms with Crippen molar-refractivity contribution in [2.45, 2.75) is 36.5 Å². The van der Waals surface area contributed by atoms with Gasteiger partial charge < -0.3 is 19.3 Å². The predicted octanol–water partition coefficient (Wildman–Crippen LogP) is 4.10. The number of esters is 2. The molecule has 0 aromatic heterocycles. The zero-order chi connectivity index (χ0) is 35.1. The smallest absolute Gasteiger partial charge is 0.336 e. The summed E-state index contributed by atoms with van der Waals surface area (Å²) in [6.07, 6.45) is 2.16. The van der Waals surface area contributed by atoms with Crippen LogP contribution in [0.4, 0.5) is 0 Å². The van der Waals surface area contributed by atoms with Crippen LogP contribution in [0.3, 0.4) is 0 Å². The van der Waals surface area contributed by atoms with Crippen LogP contribution in [0.25, 0.3) is 0 Å². The number of rotatable bonds is 12. The second-order valence-electron chi connectivity index (χ2n) is 12.1. The Morgan fingerprint density at radius 2 is 1.61 bits per heavy atom. The summed E-state index contributed by atoms with van der Waals surface area (Å²) in [5.41, 5.74) is 0.508. The Hall–Kier alpha value is -3.58. The predicted molar refractivity (Wildman–Crippen MR) is 187 cm³/mol. The molecule has 5 rings (SSSR count). The summed E-state index contributed by atoms with van der Waals surface area (Å²) in [6.45, 7) is 4.67. The van der Waals surface area contributed by atoms with Gasteiger partial charge in [0.15, 0.2) is 0 Å².